The van der Waals surface area contributed by atoms with Crippen molar-refractivity contribution < 1.29 is 14.7 Å². The number of aromatic carboxylic acids is 1. The Labute approximate surface area is 105 Å². The van der Waals surface area contributed by atoms with Gasteiger partial charge in [0.25, 0.3) is 0 Å². The third-order valence-corrected chi connectivity index (χ3v) is 2.82. The Kier molecular flexibility index (Phi) is 3.24. The number of carbonyl (C=O) groups excluding carboxylic acids is 1. The van der Waals surface area contributed by atoms with Gasteiger partial charge in [0.15, 0.2) is 0 Å². The average molecular weight is 240 g/mol. The number of carboxylic acids is 1. The lowest BCUT2D eigenvalue weighted by Crippen LogP contribution is -2.02. The molecule has 0 atom stereocenters. The van der Waals surface area contributed by atoms with E-state index in [4.69, 9.17) is 0 Å². The van der Waals surface area contributed by atoms with Gasteiger partial charge >= 0.3 is 5.97 Å². The Bertz CT molecular complexity index is 615. The summed E-state index contributed by atoms with van der Waals surface area (Å²) in [5.41, 5.74) is 2.88. The fourth-order valence-electron chi connectivity index (χ4n) is 1.97. The molecule has 0 spiro atoms. The molecule has 0 aliphatic rings. The second kappa shape index (κ2) is 4.84. The minimum Gasteiger partial charge on any atom is -0.478 e. The Hall–Kier alpha value is -2.42. The summed E-state index contributed by atoms with van der Waals surface area (Å²) in [6, 6.07) is 12.2. The van der Waals surface area contributed by atoms with Crippen LogP contribution in [0.2, 0.25) is 0 Å². The van der Waals surface area contributed by atoms with Gasteiger partial charge in [-0.3, -0.25) is 4.79 Å². The molecule has 2 aromatic rings. The van der Waals surface area contributed by atoms with Crippen LogP contribution < -0.4 is 0 Å². The Morgan fingerprint density at radius 3 is 2.56 bits per heavy atom. The zero-order valence-corrected chi connectivity index (χ0v) is 9.88. The van der Waals surface area contributed by atoms with Crippen LogP contribution in [0.5, 0.6) is 0 Å². The van der Waals surface area contributed by atoms with Crippen molar-refractivity contribution in [1.82, 2.24) is 0 Å². The number of rotatable bonds is 3. The quantitative estimate of drug-likeness (QED) is 0.838. The van der Waals surface area contributed by atoms with E-state index in [0.29, 0.717) is 16.7 Å². The molecule has 0 fully saturated rings. The van der Waals surface area contributed by atoms with Gasteiger partial charge in [0.05, 0.1) is 5.56 Å². The molecule has 0 unspecified atom stereocenters. The molecule has 3 nitrogen and oxygen atoms in total. The van der Waals surface area contributed by atoms with Crippen LogP contribution in [0.15, 0.2) is 42.5 Å². The Morgan fingerprint density at radius 2 is 1.89 bits per heavy atom. The van der Waals surface area contributed by atoms with Gasteiger partial charge in [0, 0.05) is 5.56 Å². The van der Waals surface area contributed by atoms with Gasteiger partial charge in [-0.25, -0.2) is 4.79 Å². The zero-order chi connectivity index (χ0) is 13.1. The van der Waals surface area contributed by atoms with Crippen LogP contribution >= 0.6 is 0 Å². The van der Waals surface area contributed by atoms with E-state index < -0.39 is 5.97 Å². The van der Waals surface area contributed by atoms with Crippen molar-refractivity contribution in [3.05, 3.63) is 59.2 Å². The number of hydrogen-bond donors (Lipinski definition) is 1. The summed E-state index contributed by atoms with van der Waals surface area (Å²) in [6.07, 6.45) is 0.750. The first-order chi connectivity index (χ1) is 8.63. The topological polar surface area (TPSA) is 54.4 Å². The van der Waals surface area contributed by atoms with Gasteiger partial charge in [-0.1, -0.05) is 36.4 Å². The predicted octanol–water partition coefficient (Wildman–Crippen LogP) is 3.17. The maximum atomic E-state index is 11.3. The number of carboxylic acid groups (broad SMARTS) is 1. The van der Waals surface area contributed by atoms with Crippen LogP contribution in [-0.2, 0) is 0 Å². The van der Waals surface area contributed by atoms with Crippen molar-refractivity contribution in [1.29, 1.82) is 0 Å². The predicted molar refractivity (Wildman–Crippen MR) is 69.0 cm³/mol. The van der Waals surface area contributed by atoms with E-state index in [1.807, 2.05) is 6.07 Å². The molecule has 2 aromatic carbocycles. The second-order valence-electron chi connectivity index (χ2n) is 4.05. The molecule has 0 heterocycles. The van der Waals surface area contributed by atoms with Crippen LogP contribution in [0, 0.1) is 6.92 Å². The molecule has 2 rings (SSSR count). The molecule has 3 heteroatoms. The number of aldehydes is 1. The van der Waals surface area contributed by atoms with Gasteiger partial charge in [-0.05, 0) is 29.7 Å². The third kappa shape index (κ3) is 2.15. The van der Waals surface area contributed by atoms with Gasteiger partial charge in [-0.15, -0.1) is 0 Å². The number of carbonyl (C=O) groups is 2. The monoisotopic (exact) mass is 240 g/mol. The molecule has 90 valence electrons. The summed E-state index contributed by atoms with van der Waals surface area (Å²) in [7, 11) is 0. The Balaban J connectivity index is 2.66. The van der Waals surface area contributed by atoms with E-state index in [-0.39, 0.29) is 5.56 Å². The summed E-state index contributed by atoms with van der Waals surface area (Å²) in [5, 5.41) is 9.26. The largest absolute Gasteiger partial charge is 0.478 e. The maximum Gasteiger partial charge on any atom is 0.336 e. The summed E-state index contributed by atoms with van der Waals surface area (Å²) in [6.45, 7) is 1.76. The highest BCUT2D eigenvalue weighted by Crippen LogP contribution is 2.26. The molecular formula is C15H12O3. The van der Waals surface area contributed by atoms with Gasteiger partial charge in [0.2, 0.25) is 0 Å². The molecular weight excluding hydrogens is 228 g/mol. The number of benzene rings is 2. The first kappa shape index (κ1) is 12.0. The van der Waals surface area contributed by atoms with E-state index in [0.717, 1.165) is 11.8 Å². The number of aryl methyl sites for hydroxylation is 1. The average Bonchev–Trinajstić information content (AvgIpc) is 2.38. The second-order valence-corrected chi connectivity index (χ2v) is 4.05. The highest BCUT2D eigenvalue weighted by molar-refractivity contribution is 5.98. The fourth-order valence-corrected chi connectivity index (χ4v) is 1.97. The van der Waals surface area contributed by atoms with E-state index >= 15 is 0 Å². The van der Waals surface area contributed by atoms with Crippen molar-refractivity contribution in [3.63, 3.8) is 0 Å². The van der Waals surface area contributed by atoms with Crippen LogP contribution in [0.4, 0.5) is 0 Å². The summed E-state index contributed by atoms with van der Waals surface area (Å²) < 4.78 is 0. The van der Waals surface area contributed by atoms with E-state index in [1.165, 1.54) is 0 Å². The smallest absolute Gasteiger partial charge is 0.336 e. The van der Waals surface area contributed by atoms with Crippen LogP contribution in [-0.4, -0.2) is 17.4 Å². The minimum atomic E-state index is -0.959. The first-order valence-electron chi connectivity index (χ1n) is 5.52. The molecule has 0 bridgehead atoms. The zero-order valence-electron chi connectivity index (χ0n) is 9.88. The highest BCUT2D eigenvalue weighted by Gasteiger charge is 2.14. The third-order valence-electron chi connectivity index (χ3n) is 2.82. The van der Waals surface area contributed by atoms with Crippen LogP contribution in [0.3, 0.4) is 0 Å². The fraction of sp³-hybridized carbons (Fsp3) is 0.0667. The summed E-state index contributed by atoms with van der Waals surface area (Å²) in [5.74, 6) is -0.959. The summed E-state index contributed by atoms with van der Waals surface area (Å²) >= 11 is 0. The molecule has 0 saturated carbocycles. The normalized spacial score (nSPS) is 10.1. The van der Waals surface area contributed by atoms with Crippen molar-refractivity contribution >= 4 is 12.3 Å². The molecule has 0 amide bonds. The van der Waals surface area contributed by atoms with Crippen molar-refractivity contribution in [2.45, 2.75) is 6.92 Å². The standard InChI is InChI=1S/C15H12O3/c1-10-4-2-7-13(14(10)15(17)18)12-6-3-5-11(8-12)9-16/h2-9H,1H3,(H,17,18). The maximum absolute atomic E-state index is 11.3. The molecule has 0 aliphatic carbocycles. The van der Waals surface area contributed by atoms with Crippen molar-refractivity contribution in [2.24, 2.45) is 0 Å². The summed E-state index contributed by atoms with van der Waals surface area (Å²) in [4.78, 5) is 22.1. The van der Waals surface area contributed by atoms with Gasteiger partial charge in [0.1, 0.15) is 6.29 Å². The van der Waals surface area contributed by atoms with Crippen LogP contribution in [0.1, 0.15) is 26.3 Å². The lowest BCUT2D eigenvalue weighted by molar-refractivity contribution is 0.0697. The SMILES string of the molecule is Cc1cccc(-c2cccc(C=O)c2)c1C(=O)O. The molecule has 0 aromatic heterocycles. The van der Waals surface area contributed by atoms with E-state index in [1.54, 1.807) is 43.3 Å². The van der Waals surface area contributed by atoms with Gasteiger partial charge in [-0.2, -0.15) is 0 Å². The molecule has 0 saturated heterocycles. The van der Waals surface area contributed by atoms with Crippen LogP contribution in [0.25, 0.3) is 11.1 Å². The lowest BCUT2D eigenvalue weighted by atomic mass is 9.95. The van der Waals surface area contributed by atoms with E-state index in [9.17, 15) is 14.7 Å². The number of hydrogen-bond acceptors (Lipinski definition) is 2. The first-order valence-corrected chi connectivity index (χ1v) is 5.52. The van der Waals surface area contributed by atoms with Crippen molar-refractivity contribution in [3.8, 4) is 11.1 Å². The molecule has 0 radical (unpaired) electrons. The molecule has 1 N–H and O–H groups in total. The van der Waals surface area contributed by atoms with Gasteiger partial charge < -0.3 is 5.11 Å². The highest BCUT2D eigenvalue weighted by atomic mass is 16.4. The lowest BCUT2D eigenvalue weighted by Gasteiger charge is -2.09. The molecule has 18 heavy (non-hydrogen) atoms. The molecule has 0 aliphatic heterocycles. The Morgan fingerprint density at radius 1 is 1.17 bits per heavy atom. The van der Waals surface area contributed by atoms with E-state index in [2.05, 4.69) is 0 Å². The minimum absolute atomic E-state index is 0.278. The van der Waals surface area contributed by atoms with Crippen molar-refractivity contribution in [2.75, 3.05) is 0 Å².